The van der Waals surface area contributed by atoms with Crippen LogP contribution in [0.15, 0.2) is 24.3 Å². The van der Waals surface area contributed by atoms with E-state index in [-0.39, 0.29) is 5.91 Å². The Bertz CT molecular complexity index is 546. The van der Waals surface area contributed by atoms with E-state index < -0.39 is 0 Å². The Morgan fingerprint density at radius 1 is 1.25 bits per heavy atom. The molecule has 0 bridgehead atoms. The van der Waals surface area contributed by atoms with Gasteiger partial charge in [0.1, 0.15) is 5.75 Å². The largest absolute Gasteiger partial charge is 0.497 e. The average molecular weight is 349 g/mol. The van der Waals surface area contributed by atoms with Gasteiger partial charge in [-0.1, -0.05) is 12.1 Å². The maximum absolute atomic E-state index is 13.0. The van der Waals surface area contributed by atoms with Crippen molar-refractivity contribution in [2.45, 2.75) is 31.7 Å². The lowest BCUT2D eigenvalue weighted by Gasteiger charge is -2.33. The van der Waals surface area contributed by atoms with E-state index in [0.29, 0.717) is 12.5 Å². The van der Waals surface area contributed by atoms with Crippen LogP contribution < -0.4 is 4.74 Å². The molecule has 0 radical (unpaired) electrons. The second kappa shape index (κ2) is 8.77. The fourth-order valence-electron chi connectivity index (χ4n) is 3.63. The van der Waals surface area contributed by atoms with Crippen LogP contribution in [-0.2, 0) is 11.2 Å². The van der Waals surface area contributed by atoms with Crippen LogP contribution >= 0.6 is 11.8 Å². The molecule has 5 heteroatoms. The first-order valence-electron chi connectivity index (χ1n) is 8.99. The van der Waals surface area contributed by atoms with Crippen LogP contribution in [0.25, 0.3) is 0 Å². The highest BCUT2D eigenvalue weighted by atomic mass is 32.2. The molecule has 0 spiro atoms. The van der Waals surface area contributed by atoms with Crippen molar-refractivity contribution in [3.63, 3.8) is 0 Å². The molecule has 1 aromatic rings. The fourth-order valence-corrected chi connectivity index (χ4v) is 4.69. The van der Waals surface area contributed by atoms with Gasteiger partial charge in [-0.2, -0.15) is 11.8 Å². The van der Waals surface area contributed by atoms with Crippen molar-refractivity contribution in [2.75, 3.05) is 44.8 Å². The van der Waals surface area contributed by atoms with Crippen LogP contribution in [0.1, 0.15) is 24.8 Å². The number of carbonyl (C=O) groups is 1. The van der Waals surface area contributed by atoms with Crippen LogP contribution in [0.5, 0.6) is 5.75 Å². The number of hydrogen-bond donors (Lipinski definition) is 0. The van der Waals surface area contributed by atoms with Crippen LogP contribution in [0.3, 0.4) is 0 Å². The summed E-state index contributed by atoms with van der Waals surface area (Å²) in [6.45, 7) is 4.32. The lowest BCUT2D eigenvalue weighted by molar-refractivity contribution is -0.132. The first kappa shape index (κ1) is 17.6. The summed E-state index contributed by atoms with van der Waals surface area (Å²) in [7, 11) is 1.67. The molecule has 24 heavy (non-hydrogen) atoms. The summed E-state index contributed by atoms with van der Waals surface area (Å²) in [5, 5.41) is 0. The Morgan fingerprint density at radius 2 is 2.08 bits per heavy atom. The molecule has 2 fully saturated rings. The molecule has 0 unspecified atom stereocenters. The number of thioether (sulfide) groups is 1. The number of hydrogen-bond acceptors (Lipinski definition) is 4. The fraction of sp³-hybridized carbons (Fsp3) is 0.632. The molecule has 2 saturated heterocycles. The van der Waals surface area contributed by atoms with Crippen LogP contribution in [0.4, 0.5) is 0 Å². The highest BCUT2D eigenvalue weighted by molar-refractivity contribution is 7.99. The number of methoxy groups -OCH3 is 1. The zero-order valence-corrected chi connectivity index (χ0v) is 15.4. The number of nitrogens with zero attached hydrogens (tertiary/aromatic N) is 2. The Labute approximate surface area is 149 Å². The monoisotopic (exact) mass is 348 g/mol. The molecule has 3 rings (SSSR count). The molecule has 1 amide bonds. The minimum atomic E-state index is 0.259. The Morgan fingerprint density at radius 3 is 2.88 bits per heavy atom. The van der Waals surface area contributed by atoms with Gasteiger partial charge in [0.15, 0.2) is 0 Å². The van der Waals surface area contributed by atoms with E-state index >= 15 is 0 Å². The van der Waals surface area contributed by atoms with Crippen LogP contribution in [0.2, 0.25) is 0 Å². The number of carbonyl (C=O) groups excluding carboxylic acids is 1. The van der Waals surface area contributed by atoms with Gasteiger partial charge in [0.2, 0.25) is 5.91 Å². The third-order valence-corrected chi connectivity index (χ3v) is 6.11. The van der Waals surface area contributed by atoms with Crippen molar-refractivity contribution in [1.29, 1.82) is 0 Å². The third-order valence-electron chi connectivity index (χ3n) is 4.92. The number of benzene rings is 1. The summed E-state index contributed by atoms with van der Waals surface area (Å²) >= 11 is 2.00. The lowest BCUT2D eigenvalue weighted by Crippen LogP contribution is -2.48. The number of ether oxygens (including phenoxy) is 1. The van der Waals surface area contributed by atoms with Gasteiger partial charge >= 0.3 is 0 Å². The molecule has 4 nitrogen and oxygen atoms in total. The molecule has 2 heterocycles. The summed E-state index contributed by atoms with van der Waals surface area (Å²) in [4.78, 5) is 17.6. The molecule has 0 N–H and O–H groups in total. The van der Waals surface area contributed by atoms with E-state index in [1.807, 2.05) is 36.0 Å². The molecule has 1 aromatic carbocycles. The van der Waals surface area contributed by atoms with Crippen LogP contribution in [-0.4, -0.2) is 66.5 Å². The Kier molecular flexibility index (Phi) is 6.44. The first-order chi connectivity index (χ1) is 11.8. The van der Waals surface area contributed by atoms with E-state index in [2.05, 4.69) is 9.80 Å². The van der Waals surface area contributed by atoms with Crippen molar-refractivity contribution in [2.24, 2.45) is 0 Å². The van der Waals surface area contributed by atoms with Gasteiger partial charge in [-0.25, -0.2) is 0 Å². The van der Waals surface area contributed by atoms with E-state index in [4.69, 9.17) is 4.74 Å². The SMILES string of the molecule is COc1cccc(CC(=O)N2CCCSC[C@@H]2CN2CCCC2)c1. The maximum atomic E-state index is 13.0. The van der Waals surface area contributed by atoms with Gasteiger partial charge < -0.3 is 14.5 Å². The van der Waals surface area contributed by atoms with Crippen molar-refractivity contribution in [1.82, 2.24) is 9.80 Å². The van der Waals surface area contributed by atoms with Gasteiger partial charge in [-0.15, -0.1) is 0 Å². The van der Waals surface area contributed by atoms with Gasteiger partial charge in [-0.3, -0.25) is 4.79 Å². The standard InChI is InChI=1S/C19H28N2O2S/c1-23-18-7-4-6-16(12-18)13-19(22)21-10-5-11-24-15-17(21)14-20-8-2-3-9-20/h4,6-7,12,17H,2-3,5,8-11,13-15H2,1H3/t17-/m0/s1. The molecular weight excluding hydrogens is 320 g/mol. The molecule has 0 saturated carbocycles. The Hall–Kier alpha value is -1.20. The molecule has 1 atom stereocenters. The zero-order chi connectivity index (χ0) is 16.8. The number of rotatable bonds is 5. The van der Waals surface area contributed by atoms with Gasteiger partial charge in [0.25, 0.3) is 0 Å². The number of amides is 1. The maximum Gasteiger partial charge on any atom is 0.227 e. The summed E-state index contributed by atoms with van der Waals surface area (Å²) in [6, 6.07) is 8.23. The van der Waals surface area contributed by atoms with Crippen molar-refractivity contribution in [3.8, 4) is 5.75 Å². The predicted molar refractivity (Wildman–Crippen MR) is 99.8 cm³/mol. The average Bonchev–Trinajstić information content (AvgIpc) is 2.99. The molecular formula is C19H28N2O2S. The normalized spacial score (nSPS) is 22.4. The molecule has 2 aliphatic rings. The van der Waals surface area contributed by atoms with E-state index in [0.717, 1.165) is 36.6 Å². The molecule has 0 aliphatic carbocycles. The van der Waals surface area contributed by atoms with Crippen LogP contribution in [0, 0.1) is 0 Å². The molecule has 0 aromatic heterocycles. The number of likely N-dealkylation sites (tertiary alicyclic amines) is 1. The second-order valence-electron chi connectivity index (χ2n) is 6.71. The lowest BCUT2D eigenvalue weighted by atomic mass is 10.1. The van der Waals surface area contributed by atoms with Gasteiger partial charge in [-0.05, 0) is 55.8 Å². The second-order valence-corrected chi connectivity index (χ2v) is 7.86. The van der Waals surface area contributed by atoms with Crippen molar-refractivity contribution in [3.05, 3.63) is 29.8 Å². The molecule has 2 aliphatic heterocycles. The zero-order valence-electron chi connectivity index (χ0n) is 14.6. The van der Waals surface area contributed by atoms with Crippen molar-refractivity contribution >= 4 is 17.7 Å². The highest BCUT2D eigenvalue weighted by Crippen LogP contribution is 2.21. The Balaban J connectivity index is 1.66. The summed E-state index contributed by atoms with van der Waals surface area (Å²) in [5.74, 6) is 3.31. The third kappa shape index (κ3) is 4.67. The summed E-state index contributed by atoms with van der Waals surface area (Å²) in [5.41, 5.74) is 1.04. The van der Waals surface area contributed by atoms with Gasteiger partial charge in [0, 0.05) is 18.8 Å². The van der Waals surface area contributed by atoms with Crippen molar-refractivity contribution < 1.29 is 9.53 Å². The van der Waals surface area contributed by atoms with Gasteiger partial charge in [0.05, 0.1) is 19.6 Å². The van der Waals surface area contributed by atoms with E-state index in [1.165, 1.54) is 31.7 Å². The van der Waals surface area contributed by atoms with E-state index in [9.17, 15) is 4.79 Å². The predicted octanol–water partition coefficient (Wildman–Crippen LogP) is 2.67. The molecule has 132 valence electrons. The smallest absolute Gasteiger partial charge is 0.227 e. The minimum Gasteiger partial charge on any atom is -0.497 e. The summed E-state index contributed by atoms with van der Waals surface area (Å²) in [6.07, 6.45) is 4.18. The summed E-state index contributed by atoms with van der Waals surface area (Å²) < 4.78 is 5.28. The first-order valence-corrected chi connectivity index (χ1v) is 10.1. The highest BCUT2D eigenvalue weighted by Gasteiger charge is 2.28. The quantitative estimate of drug-likeness (QED) is 0.819. The topological polar surface area (TPSA) is 32.8 Å². The minimum absolute atomic E-state index is 0.259. The van der Waals surface area contributed by atoms with E-state index in [1.54, 1.807) is 7.11 Å².